The molecular formula is C21H28ClNO4. The fourth-order valence-corrected chi connectivity index (χ4v) is 3.58. The maximum absolute atomic E-state index is 12.8. The van der Waals surface area contributed by atoms with Crippen molar-refractivity contribution in [1.82, 2.24) is 4.90 Å². The van der Waals surface area contributed by atoms with E-state index in [0.717, 1.165) is 0 Å². The lowest BCUT2D eigenvalue weighted by Crippen LogP contribution is -2.47. The number of nitrogens with zero attached hydrogens (tertiary/aromatic N) is 1. The van der Waals surface area contributed by atoms with Gasteiger partial charge >= 0.3 is 6.09 Å². The van der Waals surface area contributed by atoms with Gasteiger partial charge in [-0.2, -0.15) is 0 Å². The Balaban J connectivity index is 2.47. The van der Waals surface area contributed by atoms with Crippen LogP contribution in [-0.4, -0.2) is 33.5 Å². The average molecular weight is 394 g/mol. The minimum Gasteiger partial charge on any atom is -0.443 e. The highest BCUT2D eigenvalue weighted by Gasteiger charge is 2.41. The molecule has 1 amide bonds. The summed E-state index contributed by atoms with van der Waals surface area (Å²) >= 11 is 6.51. The molecule has 1 aromatic rings. The SMILES string of the molecule is CC(C)CC1CC(=O)C(C(O)c2ccccc2)=C(Cl)N1C(=O)OC(C)(C)C. The minimum absolute atomic E-state index is 0.0359. The molecule has 1 N–H and O–H groups in total. The molecule has 2 atom stereocenters. The number of ether oxygens (including phenoxy) is 1. The number of hydrogen-bond acceptors (Lipinski definition) is 4. The van der Waals surface area contributed by atoms with Crippen molar-refractivity contribution in [2.75, 3.05) is 0 Å². The highest BCUT2D eigenvalue weighted by Crippen LogP contribution is 2.37. The van der Waals surface area contributed by atoms with Crippen LogP contribution in [0.25, 0.3) is 0 Å². The molecule has 0 saturated carbocycles. The van der Waals surface area contributed by atoms with E-state index in [-0.39, 0.29) is 28.9 Å². The Morgan fingerprint density at radius 3 is 2.41 bits per heavy atom. The van der Waals surface area contributed by atoms with Crippen molar-refractivity contribution in [3.05, 3.63) is 46.6 Å². The van der Waals surface area contributed by atoms with Crippen LogP contribution in [0.1, 0.15) is 59.1 Å². The van der Waals surface area contributed by atoms with Gasteiger partial charge in [0.1, 0.15) is 16.9 Å². The first-order valence-corrected chi connectivity index (χ1v) is 9.57. The number of amides is 1. The molecule has 6 heteroatoms. The lowest BCUT2D eigenvalue weighted by atomic mass is 9.88. The van der Waals surface area contributed by atoms with Crippen LogP contribution in [0, 0.1) is 5.92 Å². The summed E-state index contributed by atoms with van der Waals surface area (Å²) in [6.45, 7) is 9.35. The topological polar surface area (TPSA) is 66.8 Å². The maximum atomic E-state index is 12.8. The van der Waals surface area contributed by atoms with E-state index in [1.54, 1.807) is 45.0 Å². The van der Waals surface area contributed by atoms with Crippen LogP contribution in [0.5, 0.6) is 0 Å². The second kappa shape index (κ2) is 8.44. The van der Waals surface area contributed by atoms with Crippen LogP contribution in [0.2, 0.25) is 0 Å². The first-order chi connectivity index (χ1) is 12.5. The van der Waals surface area contributed by atoms with Gasteiger partial charge in [-0.3, -0.25) is 9.69 Å². The summed E-state index contributed by atoms with van der Waals surface area (Å²) in [7, 11) is 0. The number of benzene rings is 1. The Morgan fingerprint density at radius 2 is 1.89 bits per heavy atom. The molecular weight excluding hydrogens is 366 g/mol. The van der Waals surface area contributed by atoms with Gasteiger partial charge in [-0.25, -0.2) is 4.79 Å². The van der Waals surface area contributed by atoms with Crippen LogP contribution in [0.15, 0.2) is 41.1 Å². The molecule has 0 bridgehead atoms. The number of carbonyl (C=O) groups excluding carboxylic acids is 2. The number of Topliss-reactive ketones (excluding diaryl/α,β-unsaturated/α-hetero) is 1. The monoisotopic (exact) mass is 393 g/mol. The standard InChI is InChI=1S/C21H28ClNO4/c1-13(2)11-15-12-16(24)17(18(25)14-9-7-6-8-10-14)19(22)23(15)20(26)27-21(3,4)5/h6-10,13,15,18,25H,11-12H2,1-5H3. The van der Waals surface area contributed by atoms with Crippen molar-refractivity contribution < 1.29 is 19.4 Å². The summed E-state index contributed by atoms with van der Waals surface area (Å²) in [4.78, 5) is 26.9. The molecule has 0 aromatic heterocycles. The van der Waals surface area contributed by atoms with Crippen LogP contribution in [0.4, 0.5) is 4.79 Å². The predicted octanol–water partition coefficient (Wildman–Crippen LogP) is 4.80. The smallest absolute Gasteiger partial charge is 0.415 e. The molecule has 1 aliphatic heterocycles. The normalized spacial score (nSPS) is 19.5. The van der Waals surface area contributed by atoms with Gasteiger partial charge in [-0.1, -0.05) is 55.8 Å². The molecule has 27 heavy (non-hydrogen) atoms. The Hall–Kier alpha value is -1.85. The maximum Gasteiger partial charge on any atom is 0.415 e. The molecule has 0 spiro atoms. The Morgan fingerprint density at radius 1 is 1.30 bits per heavy atom. The first kappa shape index (κ1) is 21.5. The van der Waals surface area contributed by atoms with Crippen LogP contribution >= 0.6 is 11.6 Å². The molecule has 1 heterocycles. The van der Waals surface area contributed by atoms with Crippen molar-refractivity contribution >= 4 is 23.5 Å². The van der Waals surface area contributed by atoms with E-state index in [1.807, 2.05) is 19.9 Å². The van der Waals surface area contributed by atoms with Crippen molar-refractivity contribution in [3.8, 4) is 0 Å². The van der Waals surface area contributed by atoms with E-state index < -0.39 is 23.8 Å². The van der Waals surface area contributed by atoms with Gasteiger partial charge in [0.2, 0.25) is 0 Å². The van der Waals surface area contributed by atoms with Crippen molar-refractivity contribution in [2.45, 2.75) is 65.2 Å². The Labute approximate surface area is 166 Å². The Bertz CT molecular complexity index is 721. The van der Waals surface area contributed by atoms with E-state index >= 15 is 0 Å². The minimum atomic E-state index is -1.20. The third kappa shape index (κ3) is 5.33. The number of rotatable bonds is 4. The lowest BCUT2D eigenvalue weighted by Gasteiger charge is -2.38. The van der Waals surface area contributed by atoms with Gasteiger partial charge in [0.15, 0.2) is 5.78 Å². The quantitative estimate of drug-likeness (QED) is 0.746. The highest BCUT2D eigenvalue weighted by atomic mass is 35.5. The van der Waals surface area contributed by atoms with E-state index in [2.05, 4.69) is 0 Å². The second-order valence-corrected chi connectivity index (χ2v) is 8.64. The molecule has 0 saturated heterocycles. The zero-order valence-corrected chi connectivity index (χ0v) is 17.3. The highest BCUT2D eigenvalue weighted by molar-refractivity contribution is 6.33. The summed E-state index contributed by atoms with van der Waals surface area (Å²) in [5.41, 5.74) is -0.116. The number of hydrogen-bond donors (Lipinski definition) is 1. The van der Waals surface area contributed by atoms with Crippen LogP contribution < -0.4 is 0 Å². The van der Waals surface area contributed by atoms with Crippen LogP contribution in [0.3, 0.4) is 0 Å². The van der Waals surface area contributed by atoms with Crippen molar-refractivity contribution in [3.63, 3.8) is 0 Å². The Kier molecular flexibility index (Phi) is 6.71. The van der Waals surface area contributed by atoms with E-state index in [9.17, 15) is 14.7 Å². The third-order valence-electron chi connectivity index (χ3n) is 4.24. The molecule has 2 rings (SSSR count). The van der Waals surface area contributed by atoms with Gasteiger partial charge < -0.3 is 9.84 Å². The van der Waals surface area contributed by atoms with Gasteiger partial charge in [0.25, 0.3) is 0 Å². The van der Waals surface area contributed by atoms with Crippen LogP contribution in [-0.2, 0) is 9.53 Å². The summed E-state index contributed by atoms with van der Waals surface area (Å²) < 4.78 is 5.50. The van der Waals surface area contributed by atoms with Gasteiger partial charge in [-0.05, 0) is 38.7 Å². The predicted molar refractivity (Wildman–Crippen MR) is 105 cm³/mol. The van der Waals surface area contributed by atoms with E-state index in [4.69, 9.17) is 16.3 Å². The zero-order chi connectivity index (χ0) is 20.4. The number of aliphatic hydroxyl groups excluding tert-OH is 1. The molecule has 2 unspecified atom stereocenters. The third-order valence-corrected chi connectivity index (χ3v) is 4.63. The molecule has 0 fully saturated rings. The number of halogens is 1. The fourth-order valence-electron chi connectivity index (χ4n) is 3.16. The summed E-state index contributed by atoms with van der Waals surface area (Å²) in [6, 6.07) is 8.40. The van der Waals surface area contributed by atoms with Gasteiger partial charge in [0.05, 0.1) is 5.57 Å². The second-order valence-electron chi connectivity index (χ2n) is 8.28. The van der Waals surface area contributed by atoms with E-state index in [0.29, 0.717) is 12.0 Å². The molecule has 0 aliphatic carbocycles. The van der Waals surface area contributed by atoms with Gasteiger partial charge in [0, 0.05) is 12.5 Å². The molecule has 148 valence electrons. The summed E-state index contributed by atoms with van der Waals surface area (Å²) in [5, 5.41) is 10.7. The van der Waals surface area contributed by atoms with Crippen molar-refractivity contribution in [2.24, 2.45) is 5.92 Å². The number of ketones is 1. The molecule has 1 aromatic carbocycles. The molecule has 0 radical (unpaired) electrons. The largest absolute Gasteiger partial charge is 0.443 e. The molecule has 5 nitrogen and oxygen atoms in total. The van der Waals surface area contributed by atoms with Crippen molar-refractivity contribution in [1.29, 1.82) is 0 Å². The lowest BCUT2D eigenvalue weighted by molar-refractivity contribution is -0.118. The molecule has 1 aliphatic rings. The number of carbonyl (C=O) groups is 2. The fraction of sp³-hybridized carbons (Fsp3) is 0.524. The average Bonchev–Trinajstić information content (AvgIpc) is 2.52. The first-order valence-electron chi connectivity index (χ1n) is 9.19. The van der Waals surface area contributed by atoms with Gasteiger partial charge in [-0.15, -0.1) is 0 Å². The summed E-state index contributed by atoms with van der Waals surface area (Å²) in [6.07, 6.45) is -1.09. The number of aliphatic hydroxyl groups is 1. The zero-order valence-electron chi connectivity index (χ0n) is 16.5. The van der Waals surface area contributed by atoms with E-state index in [1.165, 1.54) is 4.90 Å². The summed E-state index contributed by atoms with van der Waals surface area (Å²) in [5.74, 6) is 0.0135.